The Morgan fingerprint density at radius 1 is 1.03 bits per heavy atom. The number of hydrogen-bond acceptors (Lipinski definition) is 4. The standard InChI is InChI=1S/C28H25F2N3O3/c29-22-10-8-20(9-11-22)24-7-3-13-32(24)25(34)15-28(21-5-1-6-23(30)14-21)16-26(35)33(27(28)36)18-19-4-2-12-31-17-19/h1-2,4-6,8-12,14,17,24H,3,7,13,15-16,18H2/t24-,28+/m1/s1. The van der Waals surface area contributed by atoms with Gasteiger partial charge in [-0.05, 0) is 59.9 Å². The molecule has 0 unspecified atom stereocenters. The van der Waals surface area contributed by atoms with Crippen molar-refractivity contribution < 1.29 is 23.2 Å². The summed E-state index contributed by atoms with van der Waals surface area (Å²) in [7, 11) is 0. The number of benzene rings is 2. The minimum absolute atomic E-state index is 0.0265. The Hall–Kier alpha value is -3.94. The molecular formula is C28H25F2N3O3. The highest BCUT2D eigenvalue weighted by Gasteiger charge is 2.54. The van der Waals surface area contributed by atoms with Crippen LogP contribution in [0.5, 0.6) is 0 Å². The minimum atomic E-state index is -1.51. The summed E-state index contributed by atoms with van der Waals surface area (Å²) in [5, 5.41) is 0. The molecule has 3 heterocycles. The largest absolute Gasteiger partial charge is 0.336 e. The molecule has 0 bridgehead atoms. The molecule has 2 atom stereocenters. The lowest BCUT2D eigenvalue weighted by atomic mass is 9.75. The minimum Gasteiger partial charge on any atom is -0.336 e. The first kappa shape index (κ1) is 23.8. The van der Waals surface area contributed by atoms with Gasteiger partial charge < -0.3 is 4.90 Å². The fourth-order valence-corrected chi connectivity index (χ4v) is 5.34. The average Bonchev–Trinajstić information content (AvgIpc) is 3.45. The van der Waals surface area contributed by atoms with Crippen molar-refractivity contribution in [1.82, 2.24) is 14.8 Å². The third kappa shape index (κ3) is 4.39. The lowest BCUT2D eigenvalue weighted by Crippen LogP contribution is -2.43. The Bertz CT molecular complexity index is 1300. The van der Waals surface area contributed by atoms with Crippen LogP contribution in [0.25, 0.3) is 0 Å². The van der Waals surface area contributed by atoms with Crippen LogP contribution in [0.2, 0.25) is 0 Å². The van der Waals surface area contributed by atoms with Crippen LogP contribution in [-0.2, 0) is 26.3 Å². The maximum atomic E-state index is 14.3. The van der Waals surface area contributed by atoms with Crippen LogP contribution in [0.3, 0.4) is 0 Å². The number of carbonyl (C=O) groups is 3. The van der Waals surface area contributed by atoms with Crippen molar-refractivity contribution in [1.29, 1.82) is 0 Å². The van der Waals surface area contributed by atoms with Gasteiger partial charge in [-0.3, -0.25) is 24.3 Å². The average molecular weight is 490 g/mol. The second-order valence-electron chi connectivity index (χ2n) is 9.39. The van der Waals surface area contributed by atoms with Crippen LogP contribution < -0.4 is 0 Å². The van der Waals surface area contributed by atoms with Crippen LogP contribution in [0.15, 0.2) is 73.1 Å². The van der Waals surface area contributed by atoms with E-state index < -0.39 is 23.0 Å². The van der Waals surface area contributed by atoms with E-state index in [0.29, 0.717) is 24.1 Å². The molecule has 8 heteroatoms. The Balaban J connectivity index is 1.47. The van der Waals surface area contributed by atoms with Crippen molar-refractivity contribution in [2.24, 2.45) is 0 Å². The van der Waals surface area contributed by atoms with Crippen LogP contribution in [0, 0.1) is 11.6 Å². The molecule has 0 N–H and O–H groups in total. The first-order chi connectivity index (χ1) is 17.4. The third-order valence-electron chi connectivity index (χ3n) is 7.13. The Morgan fingerprint density at radius 2 is 1.83 bits per heavy atom. The molecule has 6 nitrogen and oxygen atoms in total. The summed E-state index contributed by atoms with van der Waals surface area (Å²) in [6.45, 7) is 0.514. The third-order valence-corrected chi connectivity index (χ3v) is 7.13. The maximum absolute atomic E-state index is 14.3. The van der Waals surface area contributed by atoms with Crippen molar-refractivity contribution in [3.05, 3.63) is 101 Å². The Kier molecular flexibility index (Phi) is 6.35. The molecule has 5 rings (SSSR count). The summed E-state index contributed by atoms with van der Waals surface area (Å²) < 4.78 is 27.7. The first-order valence-electron chi connectivity index (χ1n) is 11.9. The lowest BCUT2D eigenvalue weighted by molar-refractivity contribution is -0.143. The molecule has 36 heavy (non-hydrogen) atoms. The SMILES string of the molecule is O=C1C[C@@](CC(=O)N2CCC[C@@H]2c2ccc(F)cc2)(c2cccc(F)c2)C(=O)N1Cc1cccnc1. The van der Waals surface area contributed by atoms with Gasteiger partial charge in [-0.1, -0.05) is 30.3 Å². The van der Waals surface area contributed by atoms with Gasteiger partial charge in [-0.25, -0.2) is 8.78 Å². The van der Waals surface area contributed by atoms with Crippen LogP contribution >= 0.6 is 0 Å². The van der Waals surface area contributed by atoms with E-state index in [2.05, 4.69) is 4.98 Å². The number of aromatic nitrogens is 1. The molecule has 3 aromatic rings. The number of carbonyl (C=O) groups excluding carboxylic acids is 3. The molecule has 2 saturated heterocycles. The number of likely N-dealkylation sites (tertiary alicyclic amines) is 2. The molecule has 2 aliphatic heterocycles. The number of amides is 3. The van der Waals surface area contributed by atoms with Gasteiger partial charge in [0.1, 0.15) is 11.6 Å². The molecule has 3 amide bonds. The normalized spacial score (nSPS) is 21.9. The number of nitrogens with zero attached hydrogens (tertiary/aromatic N) is 3. The monoisotopic (exact) mass is 489 g/mol. The summed E-state index contributed by atoms with van der Waals surface area (Å²) in [5.74, 6) is -2.14. The second-order valence-corrected chi connectivity index (χ2v) is 9.39. The molecule has 2 aliphatic rings. The zero-order valence-electron chi connectivity index (χ0n) is 19.6. The van der Waals surface area contributed by atoms with E-state index in [4.69, 9.17) is 0 Å². The topological polar surface area (TPSA) is 70.6 Å². The molecule has 0 spiro atoms. The molecule has 0 radical (unpaired) electrons. The number of imide groups is 1. The molecule has 1 aromatic heterocycles. The van der Waals surface area contributed by atoms with E-state index in [1.165, 1.54) is 30.3 Å². The highest BCUT2D eigenvalue weighted by molar-refractivity contribution is 6.10. The van der Waals surface area contributed by atoms with Gasteiger partial charge in [0, 0.05) is 31.8 Å². The maximum Gasteiger partial charge on any atom is 0.241 e. The van der Waals surface area contributed by atoms with E-state index >= 15 is 0 Å². The van der Waals surface area contributed by atoms with Crippen molar-refractivity contribution >= 4 is 17.7 Å². The summed E-state index contributed by atoms with van der Waals surface area (Å²) in [6.07, 6.45) is 4.16. The highest BCUT2D eigenvalue weighted by Crippen LogP contribution is 2.43. The van der Waals surface area contributed by atoms with Crippen LogP contribution in [-0.4, -0.2) is 39.1 Å². The fraction of sp³-hybridized carbons (Fsp3) is 0.286. The van der Waals surface area contributed by atoms with E-state index in [1.54, 1.807) is 47.6 Å². The van der Waals surface area contributed by atoms with E-state index in [1.807, 2.05) is 0 Å². The van der Waals surface area contributed by atoms with Gasteiger partial charge in [0.25, 0.3) is 0 Å². The zero-order chi connectivity index (χ0) is 25.3. The predicted octanol–water partition coefficient (Wildman–Crippen LogP) is 4.31. The first-order valence-corrected chi connectivity index (χ1v) is 11.9. The molecular weight excluding hydrogens is 464 g/mol. The molecule has 2 aromatic carbocycles. The second kappa shape index (κ2) is 9.60. The quantitative estimate of drug-likeness (QED) is 0.484. The fourth-order valence-electron chi connectivity index (χ4n) is 5.34. The van der Waals surface area contributed by atoms with Crippen molar-refractivity contribution in [2.45, 2.75) is 43.7 Å². The summed E-state index contributed by atoms with van der Waals surface area (Å²) in [4.78, 5) is 47.5. The Labute approximate surface area is 207 Å². The van der Waals surface area contributed by atoms with Crippen LogP contribution in [0.4, 0.5) is 8.78 Å². The zero-order valence-corrected chi connectivity index (χ0v) is 19.6. The predicted molar refractivity (Wildman–Crippen MR) is 127 cm³/mol. The number of pyridine rings is 1. The van der Waals surface area contributed by atoms with Gasteiger partial charge >= 0.3 is 0 Å². The van der Waals surface area contributed by atoms with E-state index in [0.717, 1.165) is 16.9 Å². The number of hydrogen-bond donors (Lipinski definition) is 0. The molecule has 184 valence electrons. The van der Waals surface area contributed by atoms with Gasteiger partial charge in [-0.15, -0.1) is 0 Å². The van der Waals surface area contributed by atoms with Gasteiger partial charge in [-0.2, -0.15) is 0 Å². The summed E-state index contributed by atoms with van der Waals surface area (Å²) >= 11 is 0. The lowest BCUT2D eigenvalue weighted by Gasteiger charge is -2.31. The smallest absolute Gasteiger partial charge is 0.241 e. The molecule has 2 fully saturated rings. The number of rotatable bonds is 6. The van der Waals surface area contributed by atoms with Gasteiger partial charge in [0.15, 0.2) is 0 Å². The summed E-state index contributed by atoms with van der Waals surface area (Å²) in [6, 6.07) is 14.8. The summed E-state index contributed by atoms with van der Waals surface area (Å²) in [5.41, 5.74) is 0.292. The molecule has 0 aliphatic carbocycles. The van der Waals surface area contributed by atoms with Gasteiger partial charge in [0.05, 0.1) is 18.0 Å². The van der Waals surface area contributed by atoms with E-state index in [-0.39, 0.29) is 37.2 Å². The van der Waals surface area contributed by atoms with Crippen molar-refractivity contribution in [3.63, 3.8) is 0 Å². The van der Waals surface area contributed by atoms with E-state index in [9.17, 15) is 23.2 Å². The van der Waals surface area contributed by atoms with Crippen LogP contribution in [0.1, 0.15) is 48.4 Å². The number of halogens is 2. The Morgan fingerprint density at radius 3 is 2.56 bits per heavy atom. The van der Waals surface area contributed by atoms with Gasteiger partial charge in [0.2, 0.25) is 17.7 Å². The van der Waals surface area contributed by atoms with Crippen molar-refractivity contribution in [3.8, 4) is 0 Å². The molecule has 0 saturated carbocycles. The highest BCUT2D eigenvalue weighted by atomic mass is 19.1. The van der Waals surface area contributed by atoms with Crippen molar-refractivity contribution in [2.75, 3.05) is 6.54 Å².